The van der Waals surface area contributed by atoms with E-state index in [9.17, 15) is 14.7 Å². The van der Waals surface area contributed by atoms with Gasteiger partial charge in [0, 0.05) is 16.6 Å². The van der Waals surface area contributed by atoms with E-state index in [1.165, 1.54) is 25.2 Å². The van der Waals surface area contributed by atoms with Crippen molar-refractivity contribution < 1.29 is 28.6 Å². The molecule has 7 nitrogen and oxygen atoms in total. The molecule has 1 amide bonds. The van der Waals surface area contributed by atoms with Gasteiger partial charge in [-0.25, -0.2) is 0 Å². The highest BCUT2D eigenvalue weighted by Crippen LogP contribution is 2.47. The Morgan fingerprint density at radius 3 is 2.45 bits per heavy atom. The van der Waals surface area contributed by atoms with Gasteiger partial charge in [-0.3, -0.25) is 9.59 Å². The highest BCUT2D eigenvalue weighted by molar-refractivity contribution is 9.10. The van der Waals surface area contributed by atoms with E-state index in [2.05, 4.69) is 15.9 Å². The molecular formula is C25H22BrNO6. The molecule has 1 aromatic heterocycles. The molecule has 0 saturated heterocycles. The minimum absolute atomic E-state index is 0.0364. The van der Waals surface area contributed by atoms with Crippen molar-refractivity contribution in [3.05, 3.63) is 93.0 Å². The molecule has 0 aliphatic carbocycles. The first kappa shape index (κ1) is 22.7. The van der Waals surface area contributed by atoms with Gasteiger partial charge in [0.2, 0.25) is 5.78 Å². The van der Waals surface area contributed by atoms with Crippen LogP contribution in [0.15, 0.2) is 74.8 Å². The van der Waals surface area contributed by atoms with E-state index in [-0.39, 0.29) is 17.9 Å². The minimum atomic E-state index is -0.933. The van der Waals surface area contributed by atoms with Gasteiger partial charge >= 0.3 is 0 Å². The molecular weight excluding hydrogens is 490 g/mol. The van der Waals surface area contributed by atoms with Crippen LogP contribution in [-0.2, 0) is 11.3 Å². The van der Waals surface area contributed by atoms with E-state index in [0.29, 0.717) is 27.3 Å². The molecule has 1 aliphatic rings. The van der Waals surface area contributed by atoms with Crippen LogP contribution in [0.4, 0.5) is 0 Å². The fourth-order valence-electron chi connectivity index (χ4n) is 4.00. The zero-order valence-corrected chi connectivity index (χ0v) is 19.9. The fourth-order valence-corrected chi connectivity index (χ4v) is 4.46. The molecule has 0 fully saturated rings. The van der Waals surface area contributed by atoms with Gasteiger partial charge in [0.25, 0.3) is 5.91 Å². The number of rotatable bonds is 7. The topological polar surface area (TPSA) is 89.2 Å². The second-order valence-electron chi connectivity index (χ2n) is 7.55. The summed E-state index contributed by atoms with van der Waals surface area (Å²) in [6.45, 7) is 1.88. The van der Waals surface area contributed by atoms with E-state index in [1.54, 1.807) is 25.1 Å². The van der Waals surface area contributed by atoms with E-state index in [4.69, 9.17) is 13.9 Å². The quantitative estimate of drug-likeness (QED) is 0.441. The van der Waals surface area contributed by atoms with Crippen molar-refractivity contribution in [2.45, 2.75) is 19.5 Å². The van der Waals surface area contributed by atoms with Gasteiger partial charge in [0.15, 0.2) is 23.0 Å². The molecule has 8 heteroatoms. The largest absolute Gasteiger partial charge is 0.503 e. The van der Waals surface area contributed by atoms with E-state index in [1.807, 2.05) is 30.3 Å². The number of furan rings is 1. The number of ether oxygens (including phenoxy) is 2. The summed E-state index contributed by atoms with van der Waals surface area (Å²) in [6.07, 6.45) is 0. The van der Waals surface area contributed by atoms with Crippen LogP contribution in [0.25, 0.3) is 0 Å². The predicted molar refractivity (Wildman–Crippen MR) is 124 cm³/mol. The van der Waals surface area contributed by atoms with Gasteiger partial charge in [-0.15, -0.1) is 0 Å². The first-order chi connectivity index (χ1) is 15.8. The van der Waals surface area contributed by atoms with Crippen molar-refractivity contribution in [3.63, 3.8) is 0 Å². The number of Topliss-reactive ketones (excluding diaryl/α,β-unsaturated/α-hetero) is 1. The van der Waals surface area contributed by atoms with E-state index >= 15 is 0 Å². The Hall–Kier alpha value is -3.52. The van der Waals surface area contributed by atoms with Crippen LogP contribution in [-0.4, -0.2) is 35.9 Å². The maximum Gasteiger partial charge on any atom is 0.290 e. The summed E-state index contributed by atoms with van der Waals surface area (Å²) in [5.41, 5.74) is 1.25. The Bertz CT molecular complexity index is 1250. The number of carbonyl (C=O) groups is 2. The number of ketones is 1. The molecule has 170 valence electrons. The summed E-state index contributed by atoms with van der Waals surface area (Å²) in [6, 6.07) is 15.1. The zero-order valence-electron chi connectivity index (χ0n) is 18.3. The molecule has 0 saturated carbocycles. The Kier molecular flexibility index (Phi) is 6.29. The lowest BCUT2D eigenvalue weighted by Gasteiger charge is -2.28. The molecule has 0 spiro atoms. The first-order valence-corrected chi connectivity index (χ1v) is 11.0. The Labute approximate surface area is 199 Å². The number of carbonyl (C=O) groups excluding carboxylic acids is 2. The van der Waals surface area contributed by atoms with Crippen LogP contribution >= 0.6 is 15.9 Å². The van der Waals surface area contributed by atoms with Gasteiger partial charge in [-0.2, -0.15) is 0 Å². The van der Waals surface area contributed by atoms with Gasteiger partial charge in [-0.1, -0.05) is 46.3 Å². The van der Waals surface area contributed by atoms with Gasteiger partial charge in [-0.05, 0) is 36.8 Å². The standard InChI is InChI=1S/C25H22BrNO6/c1-14-9-10-18(33-14)22(28)20-21(17-11-16(26)12-19(31-2)24(17)32-3)27(25(30)23(20)29)13-15-7-5-4-6-8-15/h4-12,21,29H,13H2,1-3H3. The number of aryl methyl sites for hydroxylation is 1. The number of methoxy groups -OCH3 is 2. The van der Waals surface area contributed by atoms with Gasteiger partial charge < -0.3 is 23.9 Å². The molecule has 0 radical (unpaired) electrons. The summed E-state index contributed by atoms with van der Waals surface area (Å²) in [7, 11) is 2.98. The molecule has 1 atom stereocenters. The molecule has 0 bridgehead atoms. The molecule has 1 N–H and O–H groups in total. The summed E-state index contributed by atoms with van der Waals surface area (Å²) in [4.78, 5) is 28.1. The number of amides is 1. The van der Waals surface area contributed by atoms with Crippen molar-refractivity contribution in [1.29, 1.82) is 0 Å². The van der Waals surface area contributed by atoms with Crippen molar-refractivity contribution in [2.24, 2.45) is 0 Å². The second kappa shape index (κ2) is 9.15. The molecule has 4 rings (SSSR count). The predicted octanol–water partition coefficient (Wildman–Crippen LogP) is 5.15. The molecule has 3 aromatic rings. The van der Waals surface area contributed by atoms with Crippen LogP contribution in [0.2, 0.25) is 0 Å². The molecule has 33 heavy (non-hydrogen) atoms. The maximum atomic E-state index is 13.5. The lowest BCUT2D eigenvalue weighted by atomic mass is 9.93. The number of halogens is 1. The van der Waals surface area contributed by atoms with Crippen LogP contribution in [0, 0.1) is 6.92 Å². The van der Waals surface area contributed by atoms with Crippen LogP contribution in [0.3, 0.4) is 0 Å². The lowest BCUT2D eigenvalue weighted by Crippen LogP contribution is -2.31. The lowest BCUT2D eigenvalue weighted by molar-refractivity contribution is -0.130. The monoisotopic (exact) mass is 511 g/mol. The van der Waals surface area contributed by atoms with Crippen molar-refractivity contribution in [2.75, 3.05) is 14.2 Å². The van der Waals surface area contributed by atoms with E-state index in [0.717, 1.165) is 5.56 Å². The number of nitrogens with zero attached hydrogens (tertiary/aromatic N) is 1. The maximum absolute atomic E-state index is 13.5. The van der Waals surface area contributed by atoms with Crippen molar-refractivity contribution >= 4 is 27.6 Å². The van der Waals surface area contributed by atoms with Gasteiger partial charge in [0.1, 0.15) is 5.76 Å². The molecule has 1 aliphatic heterocycles. The van der Waals surface area contributed by atoms with E-state index < -0.39 is 23.5 Å². The van der Waals surface area contributed by atoms with Crippen LogP contribution in [0.5, 0.6) is 11.5 Å². The summed E-state index contributed by atoms with van der Waals surface area (Å²) < 4.78 is 17.3. The van der Waals surface area contributed by atoms with Crippen LogP contribution < -0.4 is 9.47 Å². The second-order valence-corrected chi connectivity index (χ2v) is 8.47. The SMILES string of the molecule is COc1cc(Br)cc(C2C(C(=O)c3ccc(C)o3)=C(O)C(=O)N2Cc2ccccc2)c1OC. The van der Waals surface area contributed by atoms with Crippen molar-refractivity contribution in [1.82, 2.24) is 4.90 Å². The summed E-state index contributed by atoms with van der Waals surface area (Å²) in [5.74, 6) is -0.493. The Morgan fingerprint density at radius 2 is 1.85 bits per heavy atom. The molecule has 2 heterocycles. The summed E-state index contributed by atoms with van der Waals surface area (Å²) in [5, 5.41) is 10.9. The summed E-state index contributed by atoms with van der Waals surface area (Å²) >= 11 is 3.47. The number of aliphatic hydroxyl groups excluding tert-OH is 1. The third-order valence-electron chi connectivity index (χ3n) is 5.48. The zero-order chi connectivity index (χ0) is 23.7. The Morgan fingerprint density at radius 1 is 1.12 bits per heavy atom. The highest BCUT2D eigenvalue weighted by atomic mass is 79.9. The smallest absolute Gasteiger partial charge is 0.290 e. The third-order valence-corrected chi connectivity index (χ3v) is 5.93. The number of hydrogen-bond acceptors (Lipinski definition) is 6. The number of benzene rings is 2. The number of aliphatic hydroxyl groups is 1. The third kappa shape index (κ3) is 4.14. The van der Waals surface area contributed by atoms with Crippen LogP contribution in [0.1, 0.15) is 33.5 Å². The molecule has 2 aromatic carbocycles. The normalized spacial score (nSPS) is 15.8. The van der Waals surface area contributed by atoms with Gasteiger partial charge in [0.05, 0.1) is 25.8 Å². The Balaban J connectivity index is 1.91. The first-order valence-electron chi connectivity index (χ1n) is 10.2. The minimum Gasteiger partial charge on any atom is -0.503 e. The fraction of sp³-hybridized carbons (Fsp3) is 0.200. The van der Waals surface area contributed by atoms with Crippen molar-refractivity contribution in [3.8, 4) is 11.5 Å². The average Bonchev–Trinajstić information content (AvgIpc) is 3.35. The average molecular weight is 512 g/mol. The number of hydrogen-bond donors (Lipinski definition) is 1. The highest BCUT2D eigenvalue weighted by Gasteiger charge is 2.46. The molecule has 1 unspecified atom stereocenters.